The summed E-state index contributed by atoms with van der Waals surface area (Å²) in [5, 5.41) is 12.5. The Hall–Kier alpha value is -0.220. The molecule has 0 aromatic rings. The molecule has 4 heteroatoms. The summed E-state index contributed by atoms with van der Waals surface area (Å²) in [7, 11) is 0. The fourth-order valence-corrected chi connectivity index (χ4v) is 1.62. The third kappa shape index (κ3) is 2.38. The molecule has 1 aliphatic rings. The normalized spacial score (nSPS) is 21.8. The largest absolute Gasteiger partial charge is 0.380 e. The predicted molar refractivity (Wildman–Crippen MR) is 54.8 cm³/mol. The van der Waals surface area contributed by atoms with E-state index in [0.717, 1.165) is 19.3 Å². The number of thiol groups is 1. The van der Waals surface area contributed by atoms with Gasteiger partial charge in [0.1, 0.15) is 5.60 Å². The molecule has 2 N–H and O–H groups in total. The van der Waals surface area contributed by atoms with Crippen LogP contribution in [0.2, 0.25) is 0 Å². The maximum atomic E-state index is 11.5. The van der Waals surface area contributed by atoms with E-state index >= 15 is 0 Å². The van der Waals surface area contributed by atoms with Crippen LogP contribution in [0.5, 0.6) is 0 Å². The highest BCUT2D eigenvalue weighted by atomic mass is 32.1. The Morgan fingerprint density at radius 1 is 1.69 bits per heavy atom. The monoisotopic (exact) mass is 203 g/mol. The van der Waals surface area contributed by atoms with Gasteiger partial charge in [-0.15, -0.1) is 0 Å². The Kier molecular flexibility index (Phi) is 3.62. The van der Waals surface area contributed by atoms with Crippen molar-refractivity contribution in [3.8, 4) is 0 Å². The molecule has 0 aromatic heterocycles. The summed E-state index contributed by atoms with van der Waals surface area (Å²) in [5.74, 6) is 0.491. The van der Waals surface area contributed by atoms with Crippen molar-refractivity contribution in [2.45, 2.75) is 31.8 Å². The molecular formula is C9H17NO2S. The maximum absolute atomic E-state index is 11.5. The van der Waals surface area contributed by atoms with Crippen molar-refractivity contribution in [3.05, 3.63) is 0 Å². The van der Waals surface area contributed by atoms with Crippen LogP contribution in [-0.4, -0.2) is 28.9 Å². The van der Waals surface area contributed by atoms with E-state index in [-0.39, 0.29) is 11.8 Å². The lowest BCUT2D eigenvalue weighted by atomic mass is 9.73. The van der Waals surface area contributed by atoms with Gasteiger partial charge in [-0.1, -0.05) is 6.42 Å². The highest BCUT2D eigenvalue weighted by molar-refractivity contribution is 7.80. The number of hydrogen-bond donors (Lipinski definition) is 3. The van der Waals surface area contributed by atoms with E-state index in [1.807, 2.05) is 0 Å². The van der Waals surface area contributed by atoms with Crippen molar-refractivity contribution in [3.63, 3.8) is 0 Å². The number of carbonyl (C=O) groups is 1. The SMILES string of the molecule is CC(O)(C(=O)NCCS)C1CCC1. The topological polar surface area (TPSA) is 49.3 Å². The van der Waals surface area contributed by atoms with Crippen LogP contribution in [0.25, 0.3) is 0 Å². The number of amides is 1. The van der Waals surface area contributed by atoms with Crippen LogP contribution in [0.15, 0.2) is 0 Å². The summed E-state index contributed by atoms with van der Waals surface area (Å²) >= 11 is 3.98. The highest BCUT2D eigenvalue weighted by Crippen LogP contribution is 2.35. The minimum Gasteiger partial charge on any atom is -0.380 e. The first-order valence-electron chi connectivity index (χ1n) is 4.70. The smallest absolute Gasteiger partial charge is 0.251 e. The number of hydrogen-bond acceptors (Lipinski definition) is 3. The average molecular weight is 203 g/mol. The van der Waals surface area contributed by atoms with Gasteiger partial charge in [0.2, 0.25) is 0 Å². The fraction of sp³-hybridized carbons (Fsp3) is 0.889. The zero-order valence-electron chi connectivity index (χ0n) is 7.92. The molecule has 0 saturated heterocycles. The van der Waals surface area contributed by atoms with Crippen LogP contribution in [0.3, 0.4) is 0 Å². The van der Waals surface area contributed by atoms with Crippen LogP contribution in [0, 0.1) is 5.92 Å². The van der Waals surface area contributed by atoms with Gasteiger partial charge in [0.25, 0.3) is 5.91 Å². The van der Waals surface area contributed by atoms with E-state index in [1.54, 1.807) is 6.92 Å². The predicted octanol–water partition coefficient (Wildman–Crippen LogP) is 0.583. The molecule has 1 unspecified atom stereocenters. The van der Waals surface area contributed by atoms with E-state index in [9.17, 15) is 9.90 Å². The quantitative estimate of drug-likeness (QED) is 0.586. The Labute approximate surface area is 84.3 Å². The minimum absolute atomic E-state index is 0.146. The standard InChI is InChI=1S/C9H17NO2S/c1-9(12,7-3-2-4-7)8(11)10-5-6-13/h7,12-13H,2-6H2,1H3,(H,10,11). The third-order valence-corrected chi connectivity index (χ3v) is 2.98. The first-order valence-corrected chi connectivity index (χ1v) is 5.34. The van der Waals surface area contributed by atoms with Gasteiger partial charge in [0.15, 0.2) is 0 Å². The van der Waals surface area contributed by atoms with Crippen LogP contribution >= 0.6 is 12.6 Å². The lowest BCUT2D eigenvalue weighted by Gasteiger charge is -2.37. The molecule has 76 valence electrons. The van der Waals surface area contributed by atoms with Gasteiger partial charge in [0, 0.05) is 12.3 Å². The zero-order valence-corrected chi connectivity index (χ0v) is 8.81. The lowest BCUT2D eigenvalue weighted by molar-refractivity contribution is -0.147. The molecule has 0 radical (unpaired) electrons. The molecule has 1 atom stereocenters. The molecule has 1 amide bonds. The fourth-order valence-electron chi connectivity index (χ4n) is 1.50. The van der Waals surface area contributed by atoms with Gasteiger partial charge in [-0.3, -0.25) is 4.79 Å². The van der Waals surface area contributed by atoms with Crippen LogP contribution < -0.4 is 5.32 Å². The van der Waals surface area contributed by atoms with Crippen molar-refractivity contribution in [2.24, 2.45) is 5.92 Å². The van der Waals surface area contributed by atoms with Crippen molar-refractivity contribution in [1.82, 2.24) is 5.32 Å². The molecule has 1 saturated carbocycles. The first-order chi connectivity index (χ1) is 6.09. The van der Waals surface area contributed by atoms with Gasteiger partial charge in [-0.05, 0) is 25.7 Å². The van der Waals surface area contributed by atoms with Gasteiger partial charge in [0.05, 0.1) is 0 Å². The van der Waals surface area contributed by atoms with Crippen molar-refractivity contribution >= 4 is 18.5 Å². The molecule has 0 spiro atoms. The number of nitrogens with one attached hydrogen (secondary N) is 1. The van der Waals surface area contributed by atoms with E-state index < -0.39 is 5.60 Å². The second-order valence-corrected chi connectivity index (χ2v) is 4.20. The first kappa shape index (κ1) is 10.9. The molecule has 0 aliphatic heterocycles. The highest BCUT2D eigenvalue weighted by Gasteiger charge is 2.41. The Morgan fingerprint density at radius 3 is 2.69 bits per heavy atom. The summed E-state index contributed by atoms with van der Waals surface area (Å²) in [5.41, 5.74) is -1.18. The second kappa shape index (κ2) is 4.33. The Morgan fingerprint density at radius 2 is 2.31 bits per heavy atom. The van der Waals surface area contributed by atoms with E-state index in [0.29, 0.717) is 12.3 Å². The molecule has 0 bridgehead atoms. The van der Waals surface area contributed by atoms with Gasteiger partial charge >= 0.3 is 0 Å². The molecule has 3 nitrogen and oxygen atoms in total. The molecular weight excluding hydrogens is 186 g/mol. The summed E-state index contributed by atoms with van der Waals surface area (Å²) in [6.45, 7) is 2.12. The zero-order chi connectivity index (χ0) is 9.90. The third-order valence-electron chi connectivity index (χ3n) is 2.76. The minimum atomic E-state index is -1.18. The van der Waals surface area contributed by atoms with Gasteiger partial charge < -0.3 is 10.4 Å². The number of carbonyl (C=O) groups excluding carboxylic acids is 1. The summed E-state index contributed by atoms with van der Waals surface area (Å²) < 4.78 is 0. The molecule has 1 rings (SSSR count). The van der Waals surface area contributed by atoms with Crippen LogP contribution in [-0.2, 0) is 4.79 Å². The molecule has 0 heterocycles. The van der Waals surface area contributed by atoms with Crippen molar-refractivity contribution in [2.75, 3.05) is 12.3 Å². The van der Waals surface area contributed by atoms with Crippen LogP contribution in [0.4, 0.5) is 0 Å². The van der Waals surface area contributed by atoms with Crippen molar-refractivity contribution < 1.29 is 9.90 Å². The average Bonchev–Trinajstić information content (AvgIpc) is 1.95. The van der Waals surface area contributed by atoms with Gasteiger partial charge in [-0.25, -0.2) is 0 Å². The maximum Gasteiger partial charge on any atom is 0.251 e. The number of aliphatic hydroxyl groups is 1. The second-order valence-electron chi connectivity index (χ2n) is 3.75. The van der Waals surface area contributed by atoms with Crippen molar-refractivity contribution in [1.29, 1.82) is 0 Å². The molecule has 1 fully saturated rings. The summed E-state index contributed by atoms with van der Waals surface area (Å²) in [6, 6.07) is 0. The van der Waals surface area contributed by atoms with E-state index in [4.69, 9.17) is 0 Å². The summed E-state index contributed by atoms with van der Waals surface area (Å²) in [4.78, 5) is 11.5. The van der Waals surface area contributed by atoms with E-state index in [1.165, 1.54) is 0 Å². The Balaban J connectivity index is 2.42. The lowest BCUT2D eigenvalue weighted by Crippen LogP contribution is -2.52. The molecule has 13 heavy (non-hydrogen) atoms. The van der Waals surface area contributed by atoms with Crippen LogP contribution in [0.1, 0.15) is 26.2 Å². The Bertz CT molecular complexity index is 190. The molecule has 0 aromatic carbocycles. The van der Waals surface area contributed by atoms with E-state index in [2.05, 4.69) is 17.9 Å². The molecule has 1 aliphatic carbocycles. The van der Waals surface area contributed by atoms with Gasteiger partial charge in [-0.2, -0.15) is 12.6 Å². The summed E-state index contributed by atoms with van der Waals surface area (Å²) in [6.07, 6.45) is 3.04. The number of rotatable bonds is 4.